The molecule has 0 saturated heterocycles. The van der Waals surface area contributed by atoms with Crippen molar-refractivity contribution in [3.63, 3.8) is 0 Å². The van der Waals surface area contributed by atoms with Crippen molar-refractivity contribution in [3.05, 3.63) is 47.5 Å². The van der Waals surface area contributed by atoms with Gasteiger partial charge in [-0.25, -0.2) is 8.42 Å². The predicted octanol–water partition coefficient (Wildman–Crippen LogP) is 1.08. The Kier molecular flexibility index (Phi) is 3.54. The first kappa shape index (κ1) is 14.2. The predicted molar refractivity (Wildman–Crippen MR) is 79.6 cm³/mol. The molecule has 1 aromatic carbocycles. The Morgan fingerprint density at radius 2 is 2.00 bits per heavy atom. The number of nitrogens with one attached hydrogen (secondary N) is 1. The van der Waals surface area contributed by atoms with E-state index < -0.39 is 15.1 Å². The second-order valence-electron chi connectivity index (χ2n) is 5.34. The van der Waals surface area contributed by atoms with Crippen LogP contribution in [0.2, 0.25) is 0 Å². The van der Waals surface area contributed by atoms with Gasteiger partial charge in [0.1, 0.15) is 5.25 Å². The van der Waals surface area contributed by atoms with E-state index in [0.29, 0.717) is 12.4 Å². The molecule has 0 amide bonds. The third-order valence-electron chi connectivity index (χ3n) is 3.89. The smallest absolute Gasteiger partial charge is 0.157 e. The van der Waals surface area contributed by atoms with Crippen molar-refractivity contribution in [2.45, 2.75) is 24.8 Å². The molecule has 112 valence electrons. The summed E-state index contributed by atoms with van der Waals surface area (Å²) < 4.78 is 25.5. The van der Waals surface area contributed by atoms with E-state index in [1.165, 1.54) is 6.26 Å². The minimum absolute atomic E-state index is 0.0482. The van der Waals surface area contributed by atoms with Gasteiger partial charge in [0.15, 0.2) is 21.5 Å². The maximum Gasteiger partial charge on any atom is 0.157 e. The highest BCUT2D eigenvalue weighted by atomic mass is 32.2. The highest BCUT2D eigenvalue weighted by Gasteiger charge is 2.30. The fourth-order valence-corrected chi connectivity index (χ4v) is 3.14. The van der Waals surface area contributed by atoms with Crippen LogP contribution in [0.25, 0.3) is 0 Å². The molecule has 1 aliphatic rings. The highest BCUT2D eigenvalue weighted by Crippen LogP contribution is 2.27. The molecular formula is C14H18N4O2S. The average molecular weight is 306 g/mol. The lowest BCUT2D eigenvalue weighted by Gasteiger charge is -2.26. The topological polar surface area (TPSA) is 76.9 Å². The van der Waals surface area contributed by atoms with Crippen LogP contribution in [-0.4, -0.2) is 36.0 Å². The molecule has 2 unspecified atom stereocenters. The van der Waals surface area contributed by atoms with Gasteiger partial charge < -0.3 is 9.88 Å². The molecule has 0 radical (unpaired) electrons. The highest BCUT2D eigenvalue weighted by molar-refractivity contribution is 7.90. The van der Waals surface area contributed by atoms with Gasteiger partial charge in [-0.2, -0.15) is 0 Å². The summed E-state index contributed by atoms with van der Waals surface area (Å²) in [6.45, 7) is 3.10. The molecule has 0 saturated carbocycles. The van der Waals surface area contributed by atoms with Gasteiger partial charge in [-0.15, -0.1) is 10.2 Å². The van der Waals surface area contributed by atoms with Crippen LogP contribution in [-0.2, 0) is 16.4 Å². The summed E-state index contributed by atoms with van der Waals surface area (Å²) in [5, 5.41) is 11.1. The van der Waals surface area contributed by atoms with E-state index in [1.54, 1.807) is 6.92 Å². The van der Waals surface area contributed by atoms with E-state index in [2.05, 4.69) is 15.5 Å². The van der Waals surface area contributed by atoms with Crippen molar-refractivity contribution in [3.8, 4) is 0 Å². The number of benzene rings is 1. The Balaban J connectivity index is 2.04. The lowest BCUT2D eigenvalue weighted by atomic mass is 10.0. The molecule has 0 fully saturated rings. The molecule has 6 nitrogen and oxygen atoms in total. The second-order valence-corrected chi connectivity index (χ2v) is 7.70. The minimum Gasteiger partial charge on any atom is -0.311 e. The first-order chi connectivity index (χ1) is 9.98. The van der Waals surface area contributed by atoms with Crippen molar-refractivity contribution < 1.29 is 8.42 Å². The third kappa shape index (κ3) is 2.58. The summed E-state index contributed by atoms with van der Waals surface area (Å²) >= 11 is 0. The van der Waals surface area contributed by atoms with E-state index in [-0.39, 0.29) is 6.04 Å². The van der Waals surface area contributed by atoms with Gasteiger partial charge in [0.05, 0.1) is 6.04 Å². The SMILES string of the molecule is CC(c1nnc2n1CCNC2c1ccccc1)S(C)(=O)=O. The molecule has 0 spiro atoms. The molecule has 1 aromatic heterocycles. The Labute approximate surface area is 124 Å². The van der Waals surface area contributed by atoms with Crippen LogP contribution in [0.3, 0.4) is 0 Å². The van der Waals surface area contributed by atoms with Gasteiger partial charge in [-0.1, -0.05) is 30.3 Å². The van der Waals surface area contributed by atoms with Crippen LogP contribution in [0.15, 0.2) is 30.3 Å². The number of sulfone groups is 1. The summed E-state index contributed by atoms with van der Waals surface area (Å²) in [5.74, 6) is 1.30. The fourth-order valence-electron chi connectivity index (χ4n) is 2.59. The molecule has 21 heavy (non-hydrogen) atoms. The van der Waals surface area contributed by atoms with Crippen molar-refractivity contribution in [2.75, 3.05) is 12.8 Å². The average Bonchev–Trinajstić information content (AvgIpc) is 2.90. The molecule has 1 N–H and O–H groups in total. The molecule has 1 aliphatic heterocycles. The Hall–Kier alpha value is -1.73. The fraction of sp³-hybridized carbons (Fsp3) is 0.429. The lowest BCUT2D eigenvalue weighted by molar-refractivity contribution is 0.446. The number of hydrogen-bond donors (Lipinski definition) is 1. The number of aromatic nitrogens is 3. The van der Waals surface area contributed by atoms with Gasteiger partial charge in [0.2, 0.25) is 0 Å². The number of hydrogen-bond acceptors (Lipinski definition) is 5. The zero-order valence-electron chi connectivity index (χ0n) is 12.0. The van der Waals surface area contributed by atoms with E-state index in [9.17, 15) is 8.42 Å². The monoisotopic (exact) mass is 306 g/mol. The van der Waals surface area contributed by atoms with Crippen molar-refractivity contribution in [1.82, 2.24) is 20.1 Å². The number of rotatable bonds is 3. The summed E-state index contributed by atoms with van der Waals surface area (Å²) in [4.78, 5) is 0. The number of fused-ring (bicyclic) bond motifs is 1. The maximum absolute atomic E-state index is 11.8. The summed E-state index contributed by atoms with van der Waals surface area (Å²) in [6, 6.07) is 9.93. The third-order valence-corrected chi connectivity index (χ3v) is 5.38. The first-order valence-electron chi connectivity index (χ1n) is 6.88. The van der Waals surface area contributed by atoms with E-state index in [0.717, 1.165) is 17.9 Å². The van der Waals surface area contributed by atoms with E-state index in [4.69, 9.17) is 0 Å². The van der Waals surface area contributed by atoms with Gasteiger partial charge in [-0.05, 0) is 12.5 Å². The quantitative estimate of drug-likeness (QED) is 0.918. The second kappa shape index (κ2) is 5.23. The minimum atomic E-state index is -3.19. The molecular weight excluding hydrogens is 288 g/mol. The zero-order valence-corrected chi connectivity index (χ0v) is 12.8. The van der Waals surface area contributed by atoms with Crippen LogP contribution in [0.1, 0.15) is 35.4 Å². The normalized spacial score (nSPS) is 20.0. The van der Waals surface area contributed by atoms with Crippen LogP contribution in [0.4, 0.5) is 0 Å². The Morgan fingerprint density at radius 1 is 1.29 bits per heavy atom. The molecule has 2 aromatic rings. The molecule has 2 heterocycles. The molecule has 3 rings (SSSR count). The van der Waals surface area contributed by atoms with Gasteiger partial charge in [0.25, 0.3) is 0 Å². The Bertz CT molecular complexity index is 740. The van der Waals surface area contributed by atoms with Crippen molar-refractivity contribution >= 4 is 9.84 Å². The van der Waals surface area contributed by atoms with Crippen LogP contribution in [0, 0.1) is 0 Å². The molecule has 2 atom stereocenters. The van der Waals surface area contributed by atoms with Crippen molar-refractivity contribution in [1.29, 1.82) is 0 Å². The maximum atomic E-state index is 11.8. The van der Waals surface area contributed by atoms with Gasteiger partial charge in [-0.3, -0.25) is 0 Å². The first-order valence-corrected chi connectivity index (χ1v) is 8.84. The zero-order chi connectivity index (χ0) is 15.0. The van der Waals surface area contributed by atoms with Crippen LogP contribution >= 0.6 is 0 Å². The van der Waals surface area contributed by atoms with Crippen LogP contribution in [0.5, 0.6) is 0 Å². The molecule has 0 aliphatic carbocycles. The largest absolute Gasteiger partial charge is 0.311 e. The summed E-state index contributed by atoms with van der Waals surface area (Å²) in [7, 11) is -3.19. The van der Waals surface area contributed by atoms with Gasteiger partial charge in [0, 0.05) is 19.3 Å². The van der Waals surface area contributed by atoms with E-state index in [1.807, 2.05) is 34.9 Å². The van der Waals surface area contributed by atoms with Crippen LogP contribution < -0.4 is 5.32 Å². The summed E-state index contributed by atoms with van der Waals surface area (Å²) in [6.07, 6.45) is 1.23. The van der Waals surface area contributed by atoms with Gasteiger partial charge >= 0.3 is 0 Å². The van der Waals surface area contributed by atoms with E-state index >= 15 is 0 Å². The molecule has 7 heteroatoms. The Morgan fingerprint density at radius 3 is 2.67 bits per heavy atom. The standard InChI is InChI=1S/C14H18N4O2S/c1-10(21(2,19)20)13-16-17-14-12(15-8-9-18(13)14)11-6-4-3-5-7-11/h3-7,10,12,15H,8-9H2,1-2H3. The molecule has 0 bridgehead atoms. The van der Waals surface area contributed by atoms with Crippen molar-refractivity contribution in [2.24, 2.45) is 0 Å². The summed E-state index contributed by atoms with van der Waals surface area (Å²) in [5.41, 5.74) is 1.10. The lowest BCUT2D eigenvalue weighted by Crippen LogP contribution is -2.35. The number of nitrogens with zero attached hydrogens (tertiary/aromatic N) is 3.